The number of hydrogen-bond acceptors (Lipinski definition) is 3. The van der Waals surface area contributed by atoms with E-state index in [4.69, 9.17) is 5.73 Å². The zero-order chi connectivity index (χ0) is 11.8. The van der Waals surface area contributed by atoms with Crippen molar-refractivity contribution in [2.45, 2.75) is 25.3 Å². The van der Waals surface area contributed by atoms with Crippen molar-refractivity contribution < 1.29 is 5.11 Å². The van der Waals surface area contributed by atoms with Crippen LogP contribution in [0.2, 0.25) is 0 Å². The highest BCUT2D eigenvalue weighted by atomic mass is 16.3. The van der Waals surface area contributed by atoms with Crippen LogP contribution >= 0.6 is 0 Å². The van der Waals surface area contributed by atoms with Gasteiger partial charge in [-0.1, -0.05) is 0 Å². The lowest BCUT2D eigenvalue weighted by atomic mass is 10.1. The van der Waals surface area contributed by atoms with Crippen LogP contribution in [0.1, 0.15) is 30.1 Å². The second-order valence-corrected chi connectivity index (χ2v) is 4.50. The third-order valence-electron chi connectivity index (χ3n) is 3.17. The molecule has 0 bridgehead atoms. The molecule has 0 unspecified atom stereocenters. The Labute approximate surface area is 99.5 Å². The first-order chi connectivity index (χ1) is 8.28. The molecule has 1 aliphatic carbocycles. The van der Waals surface area contributed by atoms with Crippen molar-refractivity contribution in [1.29, 1.82) is 0 Å². The molecule has 1 aromatic carbocycles. The fourth-order valence-corrected chi connectivity index (χ4v) is 1.96. The Morgan fingerprint density at radius 3 is 2.94 bits per heavy atom. The fourth-order valence-electron chi connectivity index (χ4n) is 1.96. The molecule has 2 aromatic rings. The third kappa shape index (κ3) is 1.91. The van der Waals surface area contributed by atoms with Crippen LogP contribution in [0.3, 0.4) is 0 Å². The van der Waals surface area contributed by atoms with E-state index in [0.717, 1.165) is 22.6 Å². The summed E-state index contributed by atoms with van der Waals surface area (Å²) in [5.74, 6) is 1.94. The predicted octanol–water partition coefficient (Wildman–Crippen LogP) is 2.12. The highest BCUT2D eigenvalue weighted by Crippen LogP contribution is 2.39. The van der Waals surface area contributed by atoms with Crippen molar-refractivity contribution in [3.63, 3.8) is 0 Å². The van der Waals surface area contributed by atoms with E-state index in [1.54, 1.807) is 6.07 Å². The summed E-state index contributed by atoms with van der Waals surface area (Å²) < 4.78 is 0. The van der Waals surface area contributed by atoms with Gasteiger partial charge in [0.1, 0.15) is 11.6 Å². The van der Waals surface area contributed by atoms with Gasteiger partial charge >= 0.3 is 0 Å². The third-order valence-corrected chi connectivity index (χ3v) is 3.17. The van der Waals surface area contributed by atoms with Crippen molar-refractivity contribution in [1.82, 2.24) is 9.97 Å². The molecule has 4 nitrogen and oxygen atoms in total. The lowest BCUT2D eigenvalue weighted by Crippen LogP contribution is -1.96. The molecule has 1 saturated carbocycles. The molecule has 0 spiro atoms. The molecule has 1 fully saturated rings. The molecule has 17 heavy (non-hydrogen) atoms. The Hall–Kier alpha value is -1.81. The molecule has 88 valence electrons. The van der Waals surface area contributed by atoms with Gasteiger partial charge in [-0.05, 0) is 31.0 Å². The van der Waals surface area contributed by atoms with Crippen molar-refractivity contribution in [2.75, 3.05) is 0 Å². The first-order valence-electron chi connectivity index (χ1n) is 5.85. The summed E-state index contributed by atoms with van der Waals surface area (Å²) in [6.07, 6.45) is 4.31. The fraction of sp³-hybridized carbons (Fsp3) is 0.308. The predicted molar refractivity (Wildman–Crippen MR) is 65.6 cm³/mol. The SMILES string of the molecule is NCc1cc(-c2cnc(C3CC3)[nH]2)ccc1O. The van der Waals surface area contributed by atoms with E-state index < -0.39 is 0 Å². The molecular formula is C13H15N3O. The zero-order valence-electron chi connectivity index (χ0n) is 9.48. The molecule has 0 saturated heterocycles. The van der Waals surface area contributed by atoms with Crippen molar-refractivity contribution in [3.05, 3.63) is 35.8 Å². The van der Waals surface area contributed by atoms with Crippen LogP contribution in [-0.4, -0.2) is 15.1 Å². The van der Waals surface area contributed by atoms with Crippen LogP contribution in [-0.2, 0) is 6.54 Å². The van der Waals surface area contributed by atoms with Crippen molar-refractivity contribution in [3.8, 4) is 17.0 Å². The van der Waals surface area contributed by atoms with Crippen molar-refractivity contribution >= 4 is 0 Å². The van der Waals surface area contributed by atoms with E-state index >= 15 is 0 Å². The second kappa shape index (κ2) is 3.89. The number of aromatic hydroxyl groups is 1. The van der Waals surface area contributed by atoms with E-state index in [2.05, 4.69) is 9.97 Å². The maximum atomic E-state index is 9.58. The number of nitrogens with one attached hydrogen (secondary N) is 1. The maximum absolute atomic E-state index is 9.58. The molecule has 0 radical (unpaired) electrons. The van der Waals surface area contributed by atoms with Crippen molar-refractivity contribution in [2.24, 2.45) is 5.73 Å². The monoisotopic (exact) mass is 229 g/mol. The minimum atomic E-state index is 0.248. The quantitative estimate of drug-likeness (QED) is 0.754. The van der Waals surface area contributed by atoms with Gasteiger partial charge in [-0.25, -0.2) is 4.98 Å². The molecule has 1 aromatic heterocycles. The minimum Gasteiger partial charge on any atom is -0.508 e. The first kappa shape index (κ1) is 10.4. The number of phenolic OH excluding ortho intramolecular Hbond substituents is 1. The van der Waals surface area contributed by atoms with E-state index in [-0.39, 0.29) is 5.75 Å². The number of benzene rings is 1. The second-order valence-electron chi connectivity index (χ2n) is 4.50. The Kier molecular flexibility index (Phi) is 2.37. The minimum absolute atomic E-state index is 0.248. The molecule has 1 aliphatic rings. The van der Waals surface area contributed by atoms with Gasteiger partial charge in [-0.15, -0.1) is 0 Å². The number of aromatic nitrogens is 2. The number of phenols is 1. The van der Waals surface area contributed by atoms with Crippen LogP contribution in [0, 0.1) is 0 Å². The number of aromatic amines is 1. The molecule has 0 amide bonds. The number of rotatable bonds is 3. The average molecular weight is 229 g/mol. The van der Waals surface area contributed by atoms with Gasteiger partial charge in [0.25, 0.3) is 0 Å². The lowest BCUT2D eigenvalue weighted by Gasteiger charge is -2.04. The van der Waals surface area contributed by atoms with Gasteiger partial charge in [0.05, 0.1) is 11.9 Å². The Morgan fingerprint density at radius 1 is 1.41 bits per heavy atom. The summed E-state index contributed by atoms with van der Waals surface area (Å²) in [6, 6.07) is 5.45. The largest absolute Gasteiger partial charge is 0.508 e. The van der Waals surface area contributed by atoms with Crippen LogP contribution in [0.5, 0.6) is 5.75 Å². The standard InChI is InChI=1S/C13H15N3O/c14-6-10-5-9(3-4-12(10)17)11-7-15-13(16-11)8-1-2-8/h3-5,7-8,17H,1-2,6,14H2,(H,15,16). The first-order valence-corrected chi connectivity index (χ1v) is 5.85. The zero-order valence-corrected chi connectivity index (χ0v) is 9.48. The molecule has 4 N–H and O–H groups in total. The van der Waals surface area contributed by atoms with Gasteiger partial charge in [-0.2, -0.15) is 0 Å². The number of nitrogens with two attached hydrogens (primary N) is 1. The summed E-state index contributed by atoms with van der Waals surface area (Å²) in [7, 11) is 0. The van der Waals surface area contributed by atoms with Gasteiger partial charge in [0.2, 0.25) is 0 Å². The van der Waals surface area contributed by atoms with E-state index in [0.29, 0.717) is 12.5 Å². The molecule has 0 atom stereocenters. The molecule has 0 aliphatic heterocycles. The normalized spacial score (nSPS) is 15.1. The highest BCUT2D eigenvalue weighted by molar-refractivity contribution is 5.61. The topological polar surface area (TPSA) is 74.9 Å². The van der Waals surface area contributed by atoms with Gasteiger partial charge in [0, 0.05) is 23.6 Å². The van der Waals surface area contributed by atoms with Crippen LogP contribution in [0.15, 0.2) is 24.4 Å². The number of nitrogens with zero attached hydrogens (tertiary/aromatic N) is 1. The van der Waals surface area contributed by atoms with Crippen LogP contribution in [0.4, 0.5) is 0 Å². The Bertz CT molecular complexity index is 543. The summed E-state index contributed by atoms with van der Waals surface area (Å²) in [5, 5.41) is 9.58. The number of hydrogen-bond donors (Lipinski definition) is 3. The molecular weight excluding hydrogens is 214 g/mol. The van der Waals surface area contributed by atoms with Gasteiger partial charge in [-0.3, -0.25) is 0 Å². The Balaban J connectivity index is 1.96. The average Bonchev–Trinajstić information content (AvgIpc) is 3.08. The molecule has 3 rings (SSSR count). The smallest absolute Gasteiger partial charge is 0.120 e. The van der Waals surface area contributed by atoms with E-state index in [1.807, 2.05) is 18.3 Å². The maximum Gasteiger partial charge on any atom is 0.120 e. The molecule has 4 heteroatoms. The summed E-state index contributed by atoms with van der Waals surface area (Å²) in [5.41, 5.74) is 8.33. The van der Waals surface area contributed by atoms with Gasteiger partial charge in [0.15, 0.2) is 0 Å². The van der Waals surface area contributed by atoms with Gasteiger partial charge < -0.3 is 15.8 Å². The Morgan fingerprint density at radius 2 is 2.24 bits per heavy atom. The number of H-pyrrole nitrogens is 1. The van der Waals surface area contributed by atoms with E-state index in [9.17, 15) is 5.11 Å². The summed E-state index contributed by atoms with van der Waals surface area (Å²) >= 11 is 0. The highest BCUT2D eigenvalue weighted by Gasteiger charge is 2.26. The van der Waals surface area contributed by atoms with Crippen LogP contribution < -0.4 is 5.73 Å². The summed E-state index contributed by atoms with van der Waals surface area (Å²) in [6.45, 7) is 0.337. The lowest BCUT2D eigenvalue weighted by molar-refractivity contribution is 0.468. The van der Waals surface area contributed by atoms with E-state index in [1.165, 1.54) is 12.8 Å². The molecule has 1 heterocycles. The summed E-state index contributed by atoms with van der Waals surface area (Å²) in [4.78, 5) is 7.71. The number of imidazole rings is 1. The van der Waals surface area contributed by atoms with Crippen LogP contribution in [0.25, 0.3) is 11.3 Å².